The van der Waals surface area contributed by atoms with Crippen molar-refractivity contribution in [2.24, 2.45) is 0 Å². The minimum Gasteiger partial charge on any atom is -0.394 e. The van der Waals surface area contributed by atoms with Crippen molar-refractivity contribution in [1.29, 1.82) is 0 Å². The van der Waals surface area contributed by atoms with Gasteiger partial charge in [0.05, 0.1) is 19.3 Å². The van der Waals surface area contributed by atoms with Crippen LogP contribution in [0.25, 0.3) is 0 Å². The van der Waals surface area contributed by atoms with Crippen LogP contribution in [0.5, 0.6) is 0 Å². The second-order valence-electron chi connectivity index (χ2n) is 6.05. The van der Waals surface area contributed by atoms with Crippen molar-refractivity contribution < 1.29 is 49.6 Å². The summed E-state index contributed by atoms with van der Waals surface area (Å²) in [6.07, 6.45) is -11.3. The SMILES string of the molecule is COC1C(O)[C@H](OC2C(O)C(C)OC(CO)[C@@H]2O)O[C@H]1[C@H](O)CO. The minimum atomic E-state index is -1.35. The molecule has 0 aromatic carbocycles. The van der Waals surface area contributed by atoms with Gasteiger partial charge < -0.3 is 49.6 Å². The van der Waals surface area contributed by atoms with Crippen molar-refractivity contribution in [3.8, 4) is 0 Å². The Labute approximate surface area is 139 Å². The highest BCUT2D eigenvalue weighted by atomic mass is 16.7. The van der Waals surface area contributed by atoms with E-state index in [1.165, 1.54) is 7.11 Å². The maximum Gasteiger partial charge on any atom is 0.187 e. The van der Waals surface area contributed by atoms with Crippen molar-refractivity contribution in [3.05, 3.63) is 0 Å². The number of aliphatic hydroxyl groups is 6. The van der Waals surface area contributed by atoms with E-state index in [1.807, 2.05) is 0 Å². The summed E-state index contributed by atoms with van der Waals surface area (Å²) in [7, 11) is 1.30. The molecule has 142 valence electrons. The van der Waals surface area contributed by atoms with Gasteiger partial charge >= 0.3 is 0 Å². The third kappa shape index (κ3) is 3.73. The molecule has 2 rings (SSSR count). The van der Waals surface area contributed by atoms with Crippen LogP contribution in [0.3, 0.4) is 0 Å². The van der Waals surface area contributed by atoms with E-state index in [2.05, 4.69) is 0 Å². The number of ether oxygens (including phenoxy) is 4. The number of aliphatic hydroxyl groups excluding tert-OH is 6. The van der Waals surface area contributed by atoms with Gasteiger partial charge in [0.2, 0.25) is 0 Å². The first-order valence-corrected chi connectivity index (χ1v) is 7.78. The van der Waals surface area contributed by atoms with Crippen LogP contribution >= 0.6 is 0 Å². The molecule has 6 N–H and O–H groups in total. The summed E-state index contributed by atoms with van der Waals surface area (Å²) >= 11 is 0. The van der Waals surface area contributed by atoms with Gasteiger partial charge in [0, 0.05) is 7.11 Å². The Morgan fingerprint density at radius 1 is 1.00 bits per heavy atom. The third-order valence-corrected chi connectivity index (χ3v) is 4.46. The smallest absolute Gasteiger partial charge is 0.187 e. The van der Waals surface area contributed by atoms with Gasteiger partial charge in [-0.15, -0.1) is 0 Å². The van der Waals surface area contributed by atoms with E-state index in [-0.39, 0.29) is 0 Å². The lowest BCUT2D eigenvalue weighted by molar-refractivity contribution is -0.286. The first-order chi connectivity index (χ1) is 11.3. The Balaban J connectivity index is 2.11. The average molecular weight is 354 g/mol. The molecule has 10 atom stereocenters. The number of methoxy groups -OCH3 is 1. The van der Waals surface area contributed by atoms with Gasteiger partial charge in [-0.3, -0.25) is 0 Å². The standard InChI is InChI=1S/C14H26O10/c1-5-8(18)12(9(19)7(4-16)22-5)24-14-10(20)13(21-2)11(23-14)6(17)3-15/h5-20H,3-4H2,1-2H3/t5?,6-,7?,8?,9+,10?,11+,12?,13?,14+/m1/s1. The number of hydrogen-bond donors (Lipinski definition) is 6. The van der Waals surface area contributed by atoms with Crippen molar-refractivity contribution in [2.45, 2.75) is 68.1 Å². The second-order valence-corrected chi connectivity index (χ2v) is 6.05. The van der Waals surface area contributed by atoms with Crippen molar-refractivity contribution in [1.82, 2.24) is 0 Å². The maximum absolute atomic E-state index is 10.2. The molecule has 2 aliphatic rings. The zero-order valence-electron chi connectivity index (χ0n) is 13.5. The van der Waals surface area contributed by atoms with Gasteiger partial charge in [0.1, 0.15) is 48.8 Å². The molecule has 0 spiro atoms. The molecule has 0 amide bonds. The Morgan fingerprint density at radius 2 is 1.67 bits per heavy atom. The molecule has 2 aliphatic heterocycles. The molecule has 24 heavy (non-hydrogen) atoms. The molecule has 0 aromatic rings. The first-order valence-electron chi connectivity index (χ1n) is 7.78. The van der Waals surface area contributed by atoms with Crippen LogP contribution in [0.1, 0.15) is 6.92 Å². The van der Waals surface area contributed by atoms with Crippen LogP contribution in [0.2, 0.25) is 0 Å². The van der Waals surface area contributed by atoms with Gasteiger partial charge in [0.15, 0.2) is 6.29 Å². The molecule has 0 saturated carbocycles. The van der Waals surface area contributed by atoms with Gasteiger partial charge in [-0.25, -0.2) is 0 Å². The maximum atomic E-state index is 10.2. The normalized spacial score (nSPS) is 47.8. The fourth-order valence-corrected chi connectivity index (χ4v) is 3.05. The largest absolute Gasteiger partial charge is 0.394 e. The Hall–Kier alpha value is -0.400. The molecule has 10 nitrogen and oxygen atoms in total. The molecular formula is C14H26O10. The Bertz CT molecular complexity index is 396. The van der Waals surface area contributed by atoms with Gasteiger partial charge in [-0.1, -0.05) is 0 Å². The Kier molecular flexibility index (Phi) is 6.90. The van der Waals surface area contributed by atoms with Crippen LogP contribution < -0.4 is 0 Å². The molecule has 2 heterocycles. The van der Waals surface area contributed by atoms with E-state index in [9.17, 15) is 25.5 Å². The number of hydrogen-bond acceptors (Lipinski definition) is 10. The van der Waals surface area contributed by atoms with Gasteiger partial charge in [0.25, 0.3) is 0 Å². The molecule has 6 unspecified atom stereocenters. The van der Waals surface area contributed by atoms with Crippen LogP contribution in [0, 0.1) is 0 Å². The summed E-state index contributed by atoms with van der Waals surface area (Å²) in [6.45, 7) is 0.479. The highest BCUT2D eigenvalue weighted by molar-refractivity contribution is 4.96. The van der Waals surface area contributed by atoms with Crippen LogP contribution in [0.15, 0.2) is 0 Å². The minimum absolute atomic E-state index is 0.474. The van der Waals surface area contributed by atoms with Crippen LogP contribution in [0.4, 0.5) is 0 Å². The third-order valence-electron chi connectivity index (χ3n) is 4.46. The number of rotatable bonds is 6. The lowest BCUT2D eigenvalue weighted by atomic mass is 9.95. The molecule has 2 saturated heterocycles. The fourth-order valence-electron chi connectivity index (χ4n) is 3.05. The summed E-state index contributed by atoms with van der Waals surface area (Å²) in [6, 6.07) is 0. The predicted molar refractivity (Wildman–Crippen MR) is 76.9 cm³/mol. The highest BCUT2D eigenvalue weighted by Crippen LogP contribution is 2.31. The van der Waals surface area contributed by atoms with Crippen molar-refractivity contribution in [2.75, 3.05) is 20.3 Å². The summed E-state index contributed by atoms with van der Waals surface area (Å²) in [4.78, 5) is 0. The topological polar surface area (TPSA) is 158 Å². The van der Waals surface area contributed by atoms with Crippen LogP contribution in [-0.4, -0.2) is 112 Å². The average Bonchev–Trinajstić information content (AvgIpc) is 2.89. The first kappa shape index (κ1) is 19.9. The zero-order valence-corrected chi connectivity index (χ0v) is 13.5. The Morgan fingerprint density at radius 3 is 2.21 bits per heavy atom. The van der Waals surface area contributed by atoms with Gasteiger partial charge in [-0.2, -0.15) is 0 Å². The summed E-state index contributed by atoms with van der Waals surface area (Å²) in [5.41, 5.74) is 0. The molecule has 0 aromatic heterocycles. The quantitative estimate of drug-likeness (QED) is 0.281. The molecule has 10 heteroatoms. The second kappa shape index (κ2) is 8.32. The molecule has 0 aliphatic carbocycles. The summed E-state index contributed by atoms with van der Waals surface area (Å²) in [5.74, 6) is 0. The fraction of sp³-hybridized carbons (Fsp3) is 1.00. The predicted octanol–water partition coefficient (Wildman–Crippen LogP) is -3.67. The zero-order chi connectivity index (χ0) is 18.0. The lowest BCUT2D eigenvalue weighted by Gasteiger charge is -2.42. The monoisotopic (exact) mass is 354 g/mol. The lowest BCUT2D eigenvalue weighted by Crippen LogP contribution is -2.60. The van der Waals surface area contributed by atoms with Crippen molar-refractivity contribution in [3.63, 3.8) is 0 Å². The van der Waals surface area contributed by atoms with E-state index < -0.39 is 74.4 Å². The van der Waals surface area contributed by atoms with Crippen molar-refractivity contribution >= 4 is 0 Å². The molecule has 2 fully saturated rings. The summed E-state index contributed by atoms with van der Waals surface area (Å²) < 4.78 is 21.3. The van der Waals surface area contributed by atoms with Gasteiger partial charge in [-0.05, 0) is 6.92 Å². The van der Waals surface area contributed by atoms with E-state index in [4.69, 9.17) is 24.1 Å². The van der Waals surface area contributed by atoms with Crippen LogP contribution in [-0.2, 0) is 18.9 Å². The highest BCUT2D eigenvalue weighted by Gasteiger charge is 2.51. The summed E-state index contributed by atoms with van der Waals surface area (Å²) in [5, 5.41) is 58.6. The van der Waals surface area contributed by atoms with E-state index in [1.54, 1.807) is 6.92 Å². The molecular weight excluding hydrogens is 328 g/mol. The van der Waals surface area contributed by atoms with E-state index in [0.717, 1.165) is 0 Å². The van der Waals surface area contributed by atoms with E-state index in [0.29, 0.717) is 0 Å². The van der Waals surface area contributed by atoms with E-state index >= 15 is 0 Å². The molecule has 0 radical (unpaired) electrons. The molecule has 0 bridgehead atoms.